The van der Waals surface area contributed by atoms with Gasteiger partial charge in [-0.3, -0.25) is 9.52 Å². The van der Waals surface area contributed by atoms with Gasteiger partial charge in [-0.1, -0.05) is 72.4 Å². The predicted molar refractivity (Wildman–Crippen MR) is 135 cm³/mol. The maximum absolute atomic E-state index is 13.0. The van der Waals surface area contributed by atoms with Crippen LogP contribution in [0.15, 0.2) is 90.1 Å². The van der Waals surface area contributed by atoms with E-state index >= 15 is 0 Å². The zero-order valence-electron chi connectivity index (χ0n) is 18.5. The van der Waals surface area contributed by atoms with Crippen LogP contribution in [0.4, 0.5) is 5.69 Å². The largest absolute Gasteiger partial charge is 0.293 e. The van der Waals surface area contributed by atoms with Gasteiger partial charge in [0, 0.05) is 22.4 Å². The van der Waals surface area contributed by atoms with E-state index in [1.807, 2.05) is 60.7 Å². The minimum atomic E-state index is -3.38. The van der Waals surface area contributed by atoms with Crippen molar-refractivity contribution in [2.45, 2.75) is 17.3 Å². The molecule has 1 unspecified atom stereocenters. The Balaban J connectivity index is 1.58. The van der Waals surface area contributed by atoms with E-state index in [1.54, 1.807) is 31.2 Å². The number of hydrogen-bond acceptors (Lipinski definition) is 7. The molecule has 4 rings (SSSR count). The molecule has 3 aromatic carbocycles. The average Bonchev–Trinajstić information content (AvgIpc) is 2.84. The van der Waals surface area contributed by atoms with Crippen LogP contribution in [0.3, 0.4) is 0 Å². The van der Waals surface area contributed by atoms with Gasteiger partial charge in [-0.2, -0.15) is 0 Å². The molecule has 0 aliphatic carbocycles. The third kappa shape index (κ3) is 5.86. The van der Waals surface area contributed by atoms with Crippen LogP contribution in [0.25, 0.3) is 22.5 Å². The van der Waals surface area contributed by atoms with E-state index in [0.717, 1.165) is 17.4 Å². The van der Waals surface area contributed by atoms with Crippen LogP contribution in [0, 0.1) is 0 Å². The molecule has 34 heavy (non-hydrogen) atoms. The fraction of sp³-hybridized carbons (Fsp3) is 0.120. The van der Waals surface area contributed by atoms with Crippen LogP contribution in [0.5, 0.6) is 0 Å². The number of nitrogens with one attached hydrogen (secondary N) is 1. The van der Waals surface area contributed by atoms with Crippen LogP contribution in [-0.2, 0) is 10.0 Å². The average molecular weight is 491 g/mol. The fourth-order valence-corrected chi connectivity index (χ4v) is 4.67. The fourth-order valence-electron chi connectivity index (χ4n) is 3.31. The molecule has 0 aliphatic heterocycles. The lowest BCUT2D eigenvalue weighted by Crippen LogP contribution is -2.15. The quantitative estimate of drug-likeness (QED) is 0.276. The summed E-state index contributed by atoms with van der Waals surface area (Å²) >= 11 is 1.23. The van der Waals surface area contributed by atoms with Crippen LogP contribution >= 0.6 is 11.8 Å². The highest BCUT2D eigenvalue weighted by molar-refractivity contribution is 8.00. The lowest BCUT2D eigenvalue weighted by atomic mass is 10.0. The van der Waals surface area contributed by atoms with Gasteiger partial charge in [0.25, 0.3) is 0 Å². The summed E-state index contributed by atoms with van der Waals surface area (Å²) in [5.74, 6) is -0.118. The van der Waals surface area contributed by atoms with Crippen molar-refractivity contribution in [3.63, 3.8) is 0 Å². The van der Waals surface area contributed by atoms with E-state index in [2.05, 4.69) is 14.9 Å². The zero-order valence-corrected chi connectivity index (χ0v) is 20.2. The Morgan fingerprint density at radius 2 is 1.38 bits per heavy atom. The van der Waals surface area contributed by atoms with E-state index < -0.39 is 15.3 Å². The predicted octanol–water partition coefficient (Wildman–Crippen LogP) is 4.94. The van der Waals surface area contributed by atoms with Gasteiger partial charge in [-0.25, -0.2) is 13.4 Å². The highest BCUT2D eigenvalue weighted by Gasteiger charge is 2.20. The van der Waals surface area contributed by atoms with Crippen molar-refractivity contribution in [1.82, 2.24) is 15.2 Å². The number of anilines is 1. The van der Waals surface area contributed by atoms with Crippen molar-refractivity contribution >= 4 is 33.3 Å². The topological polar surface area (TPSA) is 102 Å². The van der Waals surface area contributed by atoms with Crippen molar-refractivity contribution in [2.24, 2.45) is 0 Å². The number of hydrogen-bond donors (Lipinski definition) is 1. The first-order valence-corrected chi connectivity index (χ1v) is 13.2. The summed E-state index contributed by atoms with van der Waals surface area (Å²) in [6, 6.07) is 25.8. The lowest BCUT2D eigenvalue weighted by molar-refractivity contribution is 0.0994. The number of thioether (sulfide) groups is 1. The molecule has 4 aromatic rings. The molecule has 0 amide bonds. The van der Waals surface area contributed by atoms with Crippen LogP contribution in [-0.4, -0.2) is 40.9 Å². The molecule has 0 spiro atoms. The Hall–Kier alpha value is -3.56. The van der Waals surface area contributed by atoms with E-state index in [9.17, 15) is 13.2 Å². The number of aromatic nitrogens is 3. The minimum absolute atomic E-state index is 0.118. The first kappa shape index (κ1) is 23.6. The molecule has 0 radical (unpaired) electrons. The van der Waals surface area contributed by atoms with E-state index in [1.165, 1.54) is 11.8 Å². The Morgan fingerprint density at radius 3 is 1.94 bits per heavy atom. The van der Waals surface area contributed by atoms with Crippen LogP contribution in [0.2, 0.25) is 0 Å². The summed E-state index contributed by atoms with van der Waals surface area (Å²) in [7, 11) is -3.38. The number of ketones is 1. The Kier molecular flexibility index (Phi) is 7.04. The van der Waals surface area contributed by atoms with Gasteiger partial charge < -0.3 is 0 Å². The van der Waals surface area contributed by atoms with Gasteiger partial charge in [-0.15, -0.1) is 10.2 Å². The van der Waals surface area contributed by atoms with E-state index in [0.29, 0.717) is 27.8 Å². The molecule has 172 valence electrons. The van der Waals surface area contributed by atoms with Gasteiger partial charge in [-0.05, 0) is 31.2 Å². The molecular weight excluding hydrogens is 468 g/mol. The molecule has 1 heterocycles. The number of benzene rings is 3. The maximum atomic E-state index is 13.0. The van der Waals surface area contributed by atoms with Crippen molar-refractivity contribution in [3.8, 4) is 22.5 Å². The summed E-state index contributed by atoms with van der Waals surface area (Å²) in [6.07, 6.45) is 1.07. The zero-order chi connectivity index (χ0) is 24.1. The maximum Gasteiger partial charge on any atom is 0.229 e. The third-order valence-corrected chi connectivity index (χ3v) is 6.44. The summed E-state index contributed by atoms with van der Waals surface area (Å²) in [5.41, 5.74) is 4.05. The number of rotatable bonds is 8. The molecule has 0 aliphatic rings. The van der Waals surface area contributed by atoms with Gasteiger partial charge >= 0.3 is 0 Å². The monoisotopic (exact) mass is 490 g/mol. The first-order valence-electron chi connectivity index (χ1n) is 10.4. The molecule has 0 fully saturated rings. The number of carbonyl (C=O) groups excluding carboxylic acids is 1. The molecule has 0 saturated carbocycles. The van der Waals surface area contributed by atoms with Crippen molar-refractivity contribution in [3.05, 3.63) is 90.5 Å². The van der Waals surface area contributed by atoms with E-state index in [4.69, 9.17) is 4.98 Å². The summed E-state index contributed by atoms with van der Waals surface area (Å²) in [5, 5.41) is 8.66. The molecule has 0 saturated heterocycles. The second kappa shape index (κ2) is 10.1. The molecule has 1 N–H and O–H groups in total. The highest BCUT2D eigenvalue weighted by atomic mass is 32.2. The molecular formula is C25H22N4O3S2. The number of sulfonamides is 1. The normalized spacial score (nSPS) is 12.2. The second-order valence-corrected chi connectivity index (χ2v) is 10.7. The summed E-state index contributed by atoms with van der Waals surface area (Å²) in [4.78, 5) is 17.7. The number of Topliss-reactive ketones (excluding diaryl/α,β-unsaturated/α-hetero) is 1. The molecule has 1 atom stereocenters. The van der Waals surface area contributed by atoms with Crippen molar-refractivity contribution < 1.29 is 13.2 Å². The van der Waals surface area contributed by atoms with E-state index in [-0.39, 0.29) is 5.78 Å². The van der Waals surface area contributed by atoms with Crippen LogP contribution < -0.4 is 4.72 Å². The molecule has 9 heteroatoms. The summed E-state index contributed by atoms with van der Waals surface area (Å²) < 4.78 is 25.1. The van der Waals surface area contributed by atoms with Gasteiger partial charge in [0.1, 0.15) is 11.4 Å². The Bertz CT molecular complexity index is 1400. The third-order valence-electron chi connectivity index (χ3n) is 4.89. The van der Waals surface area contributed by atoms with Crippen molar-refractivity contribution in [1.29, 1.82) is 0 Å². The van der Waals surface area contributed by atoms with Gasteiger partial charge in [0.05, 0.1) is 11.5 Å². The standard InChI is InChI=1S/C25H22N4O3S2/c1-17(24(30)20-13-15-21(16-14-20)29-34(2,31)32)33-25-26-22(18-9-5-3-6-10-18)23(27-28-25)19-11-7-4-8-12-19/h3-17,29H,1-2H3. The Labute approximate surface area is 202 Å². The minimum Gasteiger partial charge on any atom is -0.293 e. The highest BCUT2D eigenvalue weighted by Crippen LogP contribution is 2.31. The summed E-state index contributed by atoms with van der Waals surface area (Å²) in [6.45, 7) is 1.78. The number of carbonyl (C=O) groups is 1. The van der Waals surface area contributed by atoms with Gasteiger partial charge in [0.15, 0.2) is 5.78 Å². The SMILES string of the molecule is CC(Sc1nnc(-c2ccccc2)c(-c2ccccc2)n1)C(=O)c1ccc(NS(C)(=O)=O)cc1. The Morgan fingerprint density at radius 1 is 0.824 bits per heavy atom. The molecule has 0 bridgehead atoms. The second-order valence-electron chi connectivity index (χ2n) is 7.60. The first-order chi connectivity index (χ1) is 16.3. The molecule has 1 aromatic heterocycles. The van der Waals surface area contributed by atoms with Crippen molar-refractivity contribution in [2.75, 3.05) is 11.0 Å². The smallest absolute Gasteiger partial charge is 0.229 e. The van der Waals surface area contributed by atoms with Crippen LogP contribution in [0.1, 0.15) is 17.3 Å². The number of nitrogens with zero attached hydrogens (tertiary/aromatic N) is 3. The molecule has 7 nitrogen and oxygen atoms in total. The lowest BCUT2D eigenvalue weighted by Gasteiger charge is -2.12. The van der Waals surface area contributed by atoms with Gasteiger partial charge in [0.2, 0.25) is 15.2 Å².